The molecule has 0 aromatic heterocycles. The molecule has 0 aromatic rings. The van der Waals surface area contributed by atoms with E-state index in [-0.39, 0.29) is 48.6 Å². The van der Waals surface area contributed by atoms with Crippen LogP contribution in [-0.4, -0.2) is 55.2 Å². The molecule has 1 aliphatic carbocycles. The van der Waals surface area contributed by atoms with Gasteiger partial charge in [-0.2, -0.15) is 0 Å². The second-order valence-electron chi connectivity index (χ2n) is 8.80. The first-order valence-electron chi connectivity index (χ1n) is 10.5. The molecule has 168 valence electrons. The molecule has 3 fully saturated rings. The summed E-state index contributed by atoms with van der Waals surface area (Å²) in [6, 6.07) is 0. The van der Waals surface area contributed by atoms with E-state index < -0.39 is 18.0 Å². The summed E-state index contributed by atoms with van der Waals surface area (Å²) in [6.45, 7) is 6.90. The number of carbonyl (C=O) groups is 2. The summed E-state index contributed by atoms with van der Waals surface area (Å²) < 4.78 is 23.6. The van der Waals surface area contributed by atoms with Crippen molar-refractivity contribution in [2.24, 2.45) is 11.2 Å². The molecule has 9 nitrogen and oxygen atoms in total. The van der Waals surface area contributed by atoms with Gasteiger partial charge in [-0.25, -0.2) is 10.1 Å². The Balaban J connectivity index is 1.61. The highest BCUT2D eigenvalue weighted by atomic mass is 16.7. The molecule has 2 heterocycles. The molecule has 3 rings (SSSR count). The van der Waals surface area contributed by atoms with Gasteiger partial charge in [-0.15, -0.1) is 0 Å². The average molecular weight is 423 g/mol. The summed E-state index contributed by atoms with van der Waals surface area (Å²) in [6.07, 6.45) is 4.10. The summed E-state index contributed by atoms with van der Waals surface area (Å²) in [7, 11) is 1.63. The molecule has 30 heavy (non-hydrogen) atoms. The number of rotatable bonds is 10. The fraction of sp³-hybridized carbons (Fsp3) is 0.810. The molecule has 0 radical (unpaired) electrons. The Hall–Kier alpha value is -1.84. The molecular weight excluding hydrogens is 392 g/mol. The number of hydrogen-bond acceptors (Lipinski definition) is 8. The second kappa shape index (κ2) is 9.11. The van der Waals surface area contributed by atoms with Crippen molar-refractivity contribution in [2.75, 3.05) is 13.7 Å². The molecule has 0 bridgehead atoms. The molecule has 9 heteroatoms. The van der Waals surface area contributed by atoms with Gasteiger partial charge in [0, 0.05) is 20.0 Å². The topological polar surface area (TPSA) is 122 Å². The Kier molecular flexibility index (Phi) is 6.94. The third-order valence-electron chi connectivity index (χ3n) is 6.42. The van der Waals surface area contributed by atoms with Crippen LogP contribution in [0.1, 0.15) is 59.3 Å². The Morgan fingerprint density at radius 3 is 2.57 bits per heavy atom. The molecule has 1 spiro atoms. The van der Waals surface area contributed by atoms with Crippen molar-refractivity contribution >= 4 is 11.9 Å². The summed E-state index contributed by atoms with van der Waals surface area (Å²) >= 11 is 0. The lowest BCUT2D eigenvalue weighted by molar-refractivity contribution is -0.172. The standard InChI is InChI=1S/C21H31N2O7/c1-13(2)8-9-15-20(3,29-15)19-18(26-4)14(10-11-21(19)12-27-21)28-16(24)6-5-7-17(25)30-23-22/h8,14-15,18-19H,5-7,9-12H2,1-4H3/q-1. The number of esters is 1. The molecular formula is C21H31N2O7-. The predicted molar refractivity (Wildman–Crippen MR) is 105 cm³/mol. The molecule has 3 aliphatic rings. The third kappa shape index (κ3) is 4.90. The van der Waals surface area contributed by atoms with Gasteiger partial charge in [-0.1, -0.05) is 11.6 Å². The number of allylic oxidation sites excluding steroid dienone is 1. The maximum Gasteiger partial charge on any atom is 0.332 e. The first-order chi connectivity index (χ1) is 14.3. The Morgan fingerprint density at radius 1 is 1.27 bits per heavy atom. The molecule has 6 atom stereocenters. The third-order valence-corrected chi connectivity index (χ3v) is 6.42. The zero-order valence-corrected chi connectivity index (χ0v) is 18.1. The Labute approximate surface area is 176 Å². The summed E-state index contributed by atoms with van der Waals surface area (Å²) in [4.78, 5) is 27.6. The van der Waals surface area contributed by atoms with E-state index >= 15 is 0 Å². The highest BCUT2D eigenvalue weighted by Gasteiger charge is 2.72. The number of hydrogen-bond donors (Lipinski definition) is 0. The normalized spacial score (nSPS) is 36.7. The fourth-order valence-electron chi connectivity index (χ4n) is 4.77. The number of methoxy groups -OCH3 is 1. The van der Waals surface area contributed by atoms with E-state index in [1.807, 2.05) is 0 Å². The van der Waals surface area contributed by atoms with E-state index in [9.17, 15) is 9.59 Å². The van der Waals surface area contributed by atoms with E-state index in [1.165, 1.54) is 5.57 Å². The predicted octanol–water partition coefficient (Wildman–Crippen LogP) is 3.26. The molecule has 0 amide bonds. The van der Waals surface area contributed by atoms with E-state index in [4.69, 9.17) is 24.5 Å². The van der Waals surface area contributed by atoms with Crippen LogP contribution >= 0.6 is 0 Å². The van der Waals surface area contributed by atoms with E-state index in [0.717, 1.165) is 12.8 Å². The fourth-order valence-corrected chi connectivity index (χ4v) is 4.77. The Morgan fingerprint density at radius 2 is 1.97 bits per heavy atom. The Bertz CT molecular complexity index is 701. The molecule has 2 saturated heterocycles. The first-order valence-corrected chi connectivity index (χ1v) is 10.5. The first kappa shape index (κ1) is 22.8. The summed E-state index contributed by atoms with van der Waals surface area (Å²) in [5, 5.41) is 2.32. The number of ether oxygens (including phenoxy) is 4. The quantitative estimate of drug-likeness (QED) is 0.174. The van der Waals surface area contributed by atoms with Gasteiger partial charge < -0.3 is 29.3 Å². The van der Waals surface area contributed by atoms with Crippen LogP contribution in [0.3, 0.4) is 0 Å². The molecule has 0 aromatic carbocycles. The number of carbonyl (C=O) groups excluding carboxylic acids is 2. The molecule has 0 N–H and O–H groups in total. The van der Waals surface area contributed by atoms with Crippen molar-refractivity contribution in [3.8, 4) is 0 Å². The number of nitrogens with zero attached hydrogens (tertiary/aromatic N) is 2. The highest BCUT2D eigenvalue weighted by molar-refractivity contribution is 5.72. The smallest absolute Gasteiger partial charge is 0.332 e. The lowest BCUT2D eigenvalue weighted by atomic mass is 9.68. The van der Waals surface area contributed by atoms with Crippen molar-refractivity contribution in [1.82, 2.24) is 0 Å². The van der Waals surface area contributed by atoms with Crippen molar-refractivity contribution < 1.29 is 33.4 Å². The minimum atomic E-state index is -0.702. The maximum atomic E-state index is 12.3. The van der Waals surface area contributed by atoms with Gasteiger partial charge in [-0.3, -0.25) is 4.79 Å². The average Bonchev–Trinajstić information content (AvgIpc) is 3.59. The minimum absolute atomic E-state index is 0.0294. The van der Waals surface area contributed by atoms with Gasteiger partial charge in [0.1, 0.15) is 23.4 Å². The van der Waals surface area contributed by atoms with Gasteiger partial charge in [0.25, 0.3) is 0 Å². The van der Waals surface area contributed by atoms with Crippen LogP contribution in [0, 0.1) is 5.92 Å². The second-order valence-corrected chi connectivity index (χ2v) is 8.80. The number of epoxide rings is 2. The lowest BCUT2D eigenvalue weighted by Gasteiger charge is -2.42. The van der Waals surface area contributed by atoms with Gasteiger partial charge in [0.2, 0.25) is 0 Å². The minimum Gasteiger partial charge on any atom is -0.669 e. The summed E-state index contributed by atoms with van der Waals surface area (Å²) in [5.41, 5.74) is 8.79. The molecule has 1 saturated carbocycles. The largest absolute Gasteiger partial charge is 0.669 e. The van der Waals surface area contributed by atoms with Gasteiger partial charge >= 0.3 is 11.9 Å². The monoisotopic (exact) mass is 423 g/mol. The van der Waals surface area contributed by atoms with Crippen molar-refractivity contribution in [2.45, 2.75) is 88.8 Å². The summed E-state index contributed by atoms with van der Waals surface area (Å²) in [5.74, 6) is -1.13. The SMILES string of the molecule is COC1C(OC(=O)CCCC(=O)ON=[N-])CCC2(CO2)C1C1(C)OC1CC=C(C)C. The van der Waals surface area contributed by atoms with Crippen molar-refractivity contribution in [1.29, 1.82) is 0 Å². The highest BCUT2D eigenvalue weighted by Crippen LogP contribution is 2.59. The maximum absolute atomic E-state index is 12.3. The van der Waals surface area contributed by atoms with Crippen LogP contribution in [0.25, 0.3) is 5.53 Å². The van der Waals surface area contributed by atoms with Crippen LogP contribution in [0.2, 0.25) is 0 Å². The van der Waals surface area contributed by atoms with Gasteiger partial charge in [0.15, 0.2) is 0 Å². The van der Waals surface area contributed by atoms with Crippen LogP contribution in [0.5, 0.6) is 0 Å². The molecule has 2 aliphatic heterocycles. The van der Waals surface area contributed by atoms with Crippen LogP contribution in [0.4, 0.5) is 0 Å². The zero-order chi connectivity index (χ0) is 21.9. The zero-order valence-electron chi connectivity index (χ0n) is 18.1. The van der Waals surface area contributed by atoms with Crippen LogP contribution in [-0.2, 0) is 33.4 Å². The van der Waals surface area contributed by atoms with Crippen LogP contribution < -0.4 is 0 Å². The van der Waals surface area contributed by atoms with Gasteiger partial charge in [-0.05, 0) is 46.5 Å². The van der Waals surface area contributed by atoms with Crippen molar-refractivity contribution in [3.05, 3.63) is 17.2 Å². The van der Waals surface area contributed by atoms with E-state index in [0.29, 0.717) is 13.0 Å². The molecule has 6 unspecified atom stereocenters. The van der Waals surface area contributed by atoms with Crippen molar-refractivity contribution in [3.63, 3.8) is 0 Å². The van der Waals surface area contributed by atoms with Gasteiger partial charge in [0.05, 0.1) is 18.6 Å². The van der Waals surface area contributed by atoms with Crippen LogP contribution in [0.15, 0.2) is 16.9 Å². The van der Waals surface area contributed by atoms with E-state index in [1.54, 1.807) is 7.11 Å². The van der Waals surface area contributed by atoms with E-state index in [2.05, 4.69) is 37.0 Å². The lowest BCUT2D eigenvalue weighted by Crippen LogP contribution is -2.55.